The maximum Gasteiger partial charge on any atom is 0.417 e. The third-order valence-electron chi connectivity index (χ3n) is 2.67. The lowest BCUT2D eigenvalue weighted by Gasteiger charge is -2.08. The second-order valence-electron chi connectivity index (χ2n) is 4.33. The molecule has 2 aromatic heterocycles. The Morgan fingerprint density at radius 1 is 1.39 bits per heavy atom. The lowest BCUT2D eigenvalue weighted by Crippen LogP contribution is -2.07. The fourth-order valence-corrected chi connectivity index (χ4v) is 2.51. The van der Waals surface area contributed by atoms with Crippen LogP contribution in [0, 0.1) is 0 Å². The van der Waals surface area contributed by atoms with E-state index in [1.54, 1.807) is 13.0 Å². The van der Waals surface area contributed by atoms with Gasteiger partial charge in [0, 0.05) is 6.20 Å². The van der Waals surface area contributed by atoms with Gasteiger partial charge in [-0.1, -0.05) is 11.6 Å². The molecule has 0 amide bonds. The number of pyridine rings is 1. The fraction of sp³-hybridized carbons (Fsp3) is 0.154. The third-order valence-corrected chi connectivity index (χ3v) is 4.14. The number of carboxylic acids is 1. The number of rotatable bonds is 4. The first-order valence-corrected chi connectivity index (χ1v) is 7.24. The van der Waals surface area contributed by atoms with Crippen LogP contribution in [0.25, 0.3) is 0 Å². The van der Waals surface area contributed by atoms with E-state index in [4.69, 9.17) is 16.7 Å². The van der Waals surface area contributed by atoms with Crippen LogP contribution in [-0.2, 0) is 6.18 Å². The van der Waals surface area contributed by atoms with Gasteiger partial charge in [-0.2, -0.15) is 18.3 Å². The van der Waals surface area contributed by atoms with E-state index in [2.05, 4.69) is 15.5 Å². The van der Waals surface area contributed by atoms with Crippen molar-refractivity contribution in [2.45, 2.75) is 13.1 Å². The normalized spacial score (nSPS) is 12.3. The maximum atomic E-state index is 12.5. The van der Waals surface area contributed by atoms with Gasteiger partial charge in [-0.05, 0) is 25.1 Å². The molecule has 10 heteroatoms. The second-order valence-corrected chi connectivity index (χ2v) is 5.82. The van der Waals surface area contributed by atoms with Crippen LogP contribution in [0.3, 0.4) is 0 Å². The number of nitrogens with zero attached hydrogens (tertiary/aromatic N) is 2. The highest BCUT2D eigenvalue weighted by atomic mass is 35.5. The van der Waals surface area contributed by atoms with E-state index in [9.17, 15) is 18.0 Å². The molecule has 0 atom stereocenters. The smallest absolute Gasteiger partial charge is 0.417 e. The molecule has 122 valence electrons. The van der Waals surface area contributed by atoms with Crippen molar-refractivity contribution in [3.63, 3.8) is 0 Å². The minimum Gasteiger partial charge on any atom is -0.477 e. The van der Waals surface area contributed by atoms with E-state index in [0.29, 0.717) is 16.8 Å². The molecule has 2 heterocycles. The number of hydrazone groups is 1. The van der Waals surface area contributed by atoms with Gasteiger partial charge in [-0.3, -0.25) is 5.43 Å². The Hall–Kier alpha value is -2.13. The van der Waals surface area contributed by atoms with Crippen molar-refractivity contribution < 1.29 is 23.1 Å². The summed E-state index contributed by atoms with van der Waals surface area (Å²) < 4.78 is 37.5. The summed E-state index contributed by atoms with van der Waals surface area (Å²) in [4.78, 5) is 15.1. The highest BCUT2D eigenvalue weighted by Crippen LogP contribution is 2.32. The number of nitrogens with one attached hydrogen (secondary N) is 1. The Morgan fingerprint density at radius 2 is 2.04 bits per heavy atom. The van der Waals surface area contributed by atoms with Crippen LogP contribution in [0.4, 0.5) is 19.0 Å². The summed E-state index contributed by atoms with van der Waals surface area (Å²) in [5.41, 5.74) is 1.95. The van der Waals surface area contributed by atoms with Gasteiger partial charge in [0.1, 0.15) is 4.88 Å². The molecule has 0 aliphatic rings. The molecule has 0 aliphatic heterocycles. The molecule has 5 nitrogen and oxygen atoms in total. The summed E-state index contributed by atoms with van der Waals surface area (Å²) >= 11 is 6.76. The zero-order chi connectivity index (χ0) is 17.2. The average molecular weight is 364 g/mol. The lowest BCUT2D eigenvalue weighted by atomic mass is 10.3. The number of alkyl halides is 3. The second kappa shape index (κ2) is 6.55. The molecule has 0 saturated carbocycles. The van der Waals surface area contributed by atoms with E-state index in [-0.39, 0.29) is 15.7 Å². The predicted octanol–water partition coefficient (Wildman–Crippen LogP) is 4.35. The molecule has 0 aliphatic carbocycles. The number of aromatic nitrogens is 1. The largest absolute Gasteiger partial charge is 0.477 e. The van der Waals surface area contributed by atoms with Gasteiger partial charge in [0.25, 0.3) is 0 Å². The minimum atomic E-state index is -4.53. The highest BCUT2D eigenvalue weighted by Gasteiger charge is 2.31. The molecular formula is C13H9ClF3N3O2S. The molecular weight excluding hydrogens is 355 g/mol. The Bertz CT molecular complexity index is 774. The van der Waals surface area contributed by atoms with Gasteiger partial charge >= 0.3 is 12.1 Å². The van der Waals surface area contributed by atoms with Gasteiger partial charge in [0.05, 0.1) is 21.2 Å². The Labute approximate surface area is 137 Å². The zero-order valence-corrected chi connectivity index (χ0v) is 13.1. The number of carbonyl (C=O) groups is 1. The van der Waals surface area contributed by atoms with Crippen LogP contribution in [0.5, 0.6) is 0 Å². The first-order chi connectivity index (χ1) is 10.7. The van der Waals surface area contributed by atoms with Crippen LogP contribution in [0.2, 0.25) is 5.02 Å². The molecule has 0 saturated heterocycles. The first kappa shape index (κ1) is 17.2. The van der Waals surface area contributed by atoms with Gasteiger partial charge in [0.2, 0.25) is 0 Å². The number of halogens is 4. The summed E-state index contributed by atoms with van der Waals surface area (Å²) in [5, 5.41) is 12.6. The van der Waals surface area contributed by atoms with Crippen LogP contribution in [0.15, 0.2) is 29.5 Å². The number of hydrogen-bond acceptors (Lipinski definition) is 5. The molecule has 0 spiro atoms. The third kappa shape index (κ3) is 4.20. The standard InChI is InChI=1S/C13H9ClF3N3O2S/c1-6(9-2-3-10(23-9)12(21)22)19-20-11-8(14)4-7(5-18-11)13(15,16)17/h2-5H,1H3,(H,18,20)(H,21,22)/b19-6-. The van der Waals surface area contributed by atoms with Crippen LogP contribution >= 0.6 is 22.9 Å². The molecule has 0 unspecified atom stereocenters. The van der Waals surface area contributed by atoms with E-state index >= 15 is 0 Å². The van der Waals surface area contributed by atoms with E-state index in [0.717, 1.165) is 17.4 Å². The van der Waals surface area contributed by atoms with Gasteiger partial charge in [0.15, 0.2) is 5.82 Å². The zero-order valence-electron chi connectivity index (χ0n) is 11.5. The van der Waals surface area contributed by atoms with Gasteiger partial charge in [-0.25, -0.2) is 9.78 Å². The van der Waals surface area contributed by atoms with Crippen molar-refractivity contribution in [2.24, 2.45) is 5.10 Å². The minimum absolute atomic E-state index is 0.0333. The van der Waals surface area contributed by atoms with Crippen molar-refractivity contribution >= 4 is 40.4 Å². The summed E-state index contributed by atoms with van der Waals surface area (Å²) in [6.45, 7) is 1.61. The number of aromatic carboxylic acids is 1. The summed E-state index contributed by atoms with van der Waals surface area (Å²) in [5.74, 6) is -1.08. The molecule has 2 aromatic rings. The van der Waals surface area contributed by atoms with E-state index in [1.165, 1.54) is 6.07 Å². The van der Waals surface area contributed by atoms with Crippen molar-refractivity contribution in [3.8, 4) is 0 Å². The molecule has 0 fully saturated rings. The van der Waals surface area contributed by atoms with E-state index in [1.807, 2.05) is 0 Å². The number of anilines is 1. The number of carboxylic acid groups (broad SMARTS) is 1. The topological polar surface area (TPSA) is 74.6 Å². The highest BCUT2D eigenvalue weighted by molar-refractivity contribution is 7.15. The molecule has 23 heavy (non-hydrogen) atoms. The number of hydrogen-bond donors (Lipinski definition) is 2. The van der Waals surface area contributed by atoms with E-state index < -0.39 is 17.7 Å². The molecule has 2 N–H and O–H groups in total. The van der Waals surface area contributed by atoms with Crippen molar-refractivity contribution in [1.82, 2.24) is 4.98 Å². The van der Waals surface area contributed by atoms with Gasteiger partial charge < -0.3 is 5.11 Å². The number of thiophene rings is 1. The van der Waals surface area contributed by atoms with Crippen LogP contribution in [-0.4, -0.2) is 21.8 Å². The Kier molecular flexibility index (Phi) is 4.90. The van der Waals surface area contributed by atoms with Crippen molar-refractivity contribution in [1.29, 1.82) is 0 Å². The SMILES string of the molecule is C/C(=N/Nc1ncc(C(F)(F)F)cc1Cl)c1ccc(C(=O)O)s1. The van der Waals surface area contributed by atoms with Crippen molar-refractivity contribution in [2.75, 3.05) is 5.43 Å². The summed E-state index contributed by atoms with van der Waals surface area (Å²) in [7, 11) is 0. The van der Waals surface area contributed by atoms with Crippen LogP contribution < -0.4 is 5.43 Å². The van der Waals surface area contributed by atoms with Crippen molar-refractivity contribution in [3.05, 3.63) is 44.7 Å². The predicted molar refractivity (Wildman–Crippen MR) is 81.4 cm³/mol. The lowest BCUT2D eigenvalue weighted by molar-refractivity contribution is -0.137. The first-order valence-electron chi connectivity index (χ1n) is 6.05. The summed E-state index contributed by atoms with van der Waals surface area (Å²) in [6, 6.07) is 3.76. The molecule has 0 radical (unpaired) electrons. The Balaban J connectivity index is 2.17. The maximum absolute atomic E-state index is 12.5. The monoisotopic (exact) mass is 363 g/mol. The summed E-state index contributed by atoms with van der Waals surface area (Å²) in [6.07, 6.45) is -3.88. The van der Waals surface area contributed by atoms with Crippen LogP contribution in [0.1, 0.15) is 27.0 Å². The Morgan fingerprint density at radius 3 is 2.57 bits per heavy atom. The fourth-order valence-electron chi connectivity index (χ4n) is 1.51. The molecule has 2 rings (SSSR count). The average Bonchev–Trinajstić information content (AvgIpc) is 2.94. The van der Waals surface area contributed by atoms with Gasteiger partial charge in [-0.15, -0.1) is 11.3 Å². The quantitative estimate of drug-likeness (QED) is 0.625. The molecule has 0 bridgehead atoms. The molecule has 0 aromatic carbocycles.